The van der Waals surface area contributed by atoms with Gasteiger partial charge in [-0.2, -0.15) is 13.2 Å². The molecular weight excluding hydrogens is 456 g/mol. The van der Waals surface area contributed by atoms with Gasteiger partial charge in [-0.3, -0.25) is 9.53 Å². The summed E-state index contributed by atoms with van der Waals surface area (Å²) in [5, 5.41) is 2.62. The van der Waals surface area contributed by atoms with Crippen molar-refractivity contribution in [3.05, 3.63) is 48.9 Å². The molecule has 33 heavy (non-hydrogen) atoms. The fourth-order valence-corrected chi connectivity index (χ4v) is 3.13. The number of nitrogens with zero attached hydrogens (tertiary/aromatic N) is 2. The monoisotopic (exact) mass is 477 g/mol. The molecule has 0 atom stereocenters. The summed E-state index contributed by atoms with van der Waals surface area (Å²) in [6.45, 7) is 3.85. The lowest BCUT2D eigenvalue weighted by molar-refractivity contribution is -0.357. The van der Waals surface area contributed by atoms with Crippen LogP contribution in [0.1, 0.15) is 24.8 Å². The lowest BCUT2D eigenvalue weighted by Crippen LogP contribution is -2.42. The lowest BCUT2D eigenvalue weighted by Gasteiger charge is -2.34. The molecule has 0 unspecified atom stereocenters. The van der Waals surface area contributed by atoms with E-state index in [1.54, 1.807) is 10.8 Å². The molecule has 1 fully saturated rings. The van der Waals surface area contributed by atoms with Crippen LogP contribution in [0.25, 0.3) is 17.0 Å². The van der Waals surface area contributed by atoms with Gasteiger partial charge >= 0.3 is 12.5 Å². The van der Waals surface area contributed by atoms with Gasteiger partial charge in [-0.25, -0.2) is 4.98 Å². The van der Waals surface area contributed by atoms with Crippen LogP contribution in [0, 0.1) is 0 Å². The van der Waals surface area contributed by atoms with Gasteiger partial charge in [0.25, 0.3) is 0 Å². The highest BCUT2D eigenvalue weighted by Gasteiger charge is 2.40. The minimum absolute atomic E-state index is 0.0749. The molecule has 1 heterocycles. The number of nitrogens with one attached hydrogen (secondary N) is 1. The Kier molecular flexibility index (Phi) is 7.48. The van der Waals surface area contributed by atoms with Crippen LogP contribution in [-0.4, -0.2) is 47.2 Å². The van der Waals surface area contributed by atoms with E-state index >= 15 is 0 Å². The van der Waals surface area contributed by atoms with Gasteiger partial charge in [0.1, 0.15) is 6.61 Å². The Morgan fingerprint density at radius 2 is 1.79 bits per heavy atom. The predicted molar refractivity (Wildman–Crippen MR) is 106 cm³/mol. The number of benzene rings is 1. The molecular formula is C21H21F6N3O3. The molecule has 0 aliphatic heterocycles. The van der Waals surface area contributed by atoms with Crippen molar-refractivity contribution in [3.63, 3.8) is 0 Å². The third-order valence-corrected chi connectivity index (χ3v) is 4.99. The summed E-state index contributed by atoms with van der Waals surface area (Å²) < 4.78 is 84.9. The molecule has 1 N–H and O–H groups in total. The van der Waals surface area contributed by atoms with Crippen molar-refractivity contribution in [2.24, 2.45) is 0 Å². The Morgan fingerprint density at radius 1 is 1.12 bits per heavy atom. The maximum Gasteiger partial charge on any atom is 0.522 e. The van der Waals surface area contributed by atoms with Gasteiger partial charge < -0.3 is 14.6 Å². The maximum atomic E-state index is 12.7. The number of ether oxygens (including phenoxy) is 2. The molecule has 1 aliphatic rings. The van der Waals surface area contributed by atoms with Gasteiger partial charge in [-0.05, 0) is 12.1 Å². The van der Waals surface area contributed by atoms with Gasteiger partial charge in [-0.15, -0.1) is 13.2 Å². The third kappa shape index (κ3) is 7.32. The highest BCUT2D eigenvalue weighted by molar-refractivity contribution is 5.77. The maximum absolute atomic E-state index is 12.7. The van der Waals surface area contributed by atoms with E-state index in [0.717, 1.165) is 12.1 Å². The van der Waals surface area contributed by atoms with E-state index in [4.69, 9.17) is 4.74 Å². The van der Waals surface area contributed by atoms with E-state index in [2.05, 4.69) is 21.6 Å². The molecule has 0 radical (unpaired) electrons. The molecule has 1 aromatic heterocycles. The van der Waals surface area contributed by atoms with Crippen molar-refractivity contribution < 1.29 is 40.6 Å². The van der Waals surface area contributed by atoms with Crippen molar-refractivity contribution in [1.82, 2.24) is 14.9 Å². The summed E-state index contributed by atoms with van der Waals surface area (Å²) in [7, 11) is 0. The number of hydrogen-bond donors (Lipinski definition) is 1. The van der Waals surface area contributed by atoms with E-state index in [1.165, 1.54) is 18.5 Å². The van der Waals surface area contributed by atoms with Crippen LogP contribution in [0.2, 0.25) is 0 Å². The minimum atomic E-state index is -4.68. The van der Waals surface area contributed by atoms with Crippen LogP contribution in [0.5, 0.6) is 0 Å². The number of carbonyl (C=O) groups is 1. The summed E-state index contributed by atoms with van der Waals surface area (Å²) in [4.78, 5) is 16.0. The van der Waals surface area contributed by atoms with E-state index in [9.17, 15) is 31.1 Å². The van der Waals surface area contributed by atoms with Crippen LogP contribution < -0.4 is 5.32 Å². The van der Waals surface area contributed by atoms with E-state index < -0.39 is 36.2 Å². The third-order valence-electron chi connectivity index (χ3n) is 4.99. The zero-order valence-electron chi connectivity index (χ0n) is 17.2. The quantitative estimate of drug-likeness (QED) is 0.535. The van der Waals surface area contributed by atoms with Crippen LogP contribution in [0.15, 0.2) is 43.4 Å². The topological polar surface area (TPSA) is 65.4 Å². The Balaban J connectivity index is 1.37. The summed E-state index contributed by atoms with van der Waals surface area (Å²) in [6.07, 6.45) is -6.89. The predicted octanol–water partition coefficient (Wildman–Crippen LogP) is 4.63. The van der Waals surface area contributed by atoms with Crippen LogP contribution >= 0.6 is 0 Å². The first-order valence-electron chi connectivity index (χ1n) is 9.93. The molecule has 1 aromatic carbocycles. The number of aromatic nitrogens is 2. The number of amides is 1. The second-order valence-electron chi connectivity index (χ2n) is 7.50. The SMILES string of the molecule is C=C(CCNC(=O)CO[C@H]1C[C@@H](OC(F)(F)F)C1)n1cnc(-c2ccc(C(F)(F)F)cc2)c1. The van der Waals surface area contributed by atoms with Crippen molar-refractivity contribution >= 4 is 11.6 Å². The van der Waals surface area contributed by atoms with E-state index in [0.29, 0.717) is 23.4 Å². The second-order valence-corrected chi connectivity index (χ2v) is 7.50. The van der Waals surface area contributed by atoms with Gasteiger partial charge in [0.2, 0.25) is 5.91 Å². The molecule has 1 amide bonds. The summed E-state index contributed by atoms with van der Waals surface area (Å²) in [5.74, 6) is -0.418. The Morgan fingerprint density at radius 3 is 2.39 bits per heavy atom. The normalized spacial score (nSPS) is 18.6. The number of carbonyl (C=O) groups excluding carboxylic acids is 1. The van der Waals surface area contributed by atoms with E-state index in [-0.39, 0.29) is 26.0 Å². The molecule has 6 nitrogen and oxygen atoms in total. The lowest BCUT2D eigenvalue weighted by atomic mass is 9.92. The Bertz CT molecular complexity index is 963. The van der Waals surface area contributed by atoms with Gasteiger partial charge in [0.15, 0.2) is 0 Å². The zero-order valence-corrected chi connectivity index (χ0v) is 17.2. The van der Waals surface area contributed by atoms with Crippen molar-refractivity contribution in [1.29, 1.82) is 0 Å². The average molecular weight is 477 g/mol. The van der Waals surface area contributed by atoms with Crippen LogP contribution in [-0.2, 0) is 20.4 Å². The van der Waals surface area contributed by atoms with Gasteiger partial charge in [0, 0.05) is 43.3 Å². The molecule has 2 aromatic rings. The molecule has 0 bridgehead atoms. The first-order chi connectivity index (χ1) is 15.4. The average Bonchev–Trinajstić information content (AvgIpc) is 3.18. The molecule has 1 saturated carbocycles. The first-order valence-corrected chi connectivity index (χ1v) is 9.93. The van der Waals surface area contributed by atoms with Crippen molar-refractivity contribution in [2.75, 3.05) is 13.2 Å². The summed E-state index contributed by atoms with van der Waals surface area (Å²) in [5.41, 5.74) is 0.823. The van der Waals surface area contributed by atoms with E-state index in [1.807, 2.05) is 0 Å². The highest BCUT2D eigenvalue weighted by Crippen LogP contribution is 2.32. The molecule has 1 aliphatic carbocycles. The highest BCUT2D eigenvalue weighted by atomic mass is 19.4. The fraction of sp³-hybridized carbons (Fsp3) is 0.429. The molecule has 0 spiro atoms. The number of rotatable bonds is 9. The van der Waals surface area contributed by atoms with Gasteiger partial charge in [0.05, 0.1) is 29.8 Å². The largest absolute Gasteiger partial charge is 0.522 e. The minimum Gasteiger partial charge on any atom is -0.368 e. The molecule has 12 heteroatoms. The standard InChI is InChI=1S/C21H21F6N3O3/c1-13(6-7-28-19(31)11-32-16-8-17(9-16)33-21(25,26)27)30-10-18(29-12-30)14-2-4-15(5-3-14)20(22,23)24/h2-5,10,12,16-17H,1,6-9,11H2,(H,28,31)/t16-,17+. The Hall–Kier alpha value is -2.86. The Labute approximate surface area is 185 Å². The molecule has 180 valence electrons. The number of hydrogen-bond acceptors (Lipinski definition) is 4. The number of alkyl halides is 6. The van der Waals surface area contributed by atoms with Gasteiger partial charge in [-0.1, -0.05) is 18.7 Å². The van der Waals surface area contributed by atoms with Crippen molar-refractivity contribution in [2.45, 2.75) is 44.0 Å². The van der Waals surface area contributed by atoms with Crippen molar-refractivity contribution in [3.8, 4) is 11.3 Å². The second kappa shape index (κ2) is 9.96. The summed E-state index contributed by atoms with van der Waals surface area (Å²) >= 11 is 0. The zero-order chi connectivity index (χ0) is 24.2. The number of imidazole rings is 1. The molecule has 3 rings (SSSR count). The first kappa shape index (κ1) is 24.8. The van der Waals surface area contributed by atoms with Crippen LogP contribution in [0.4, 0.5) is 26.3 Å². The number of halogens is 6. The van der Waals surface area contributed by atoms with Crippen LogP contribution in [0.3, 0.4) is 0 Å². The smallest absolute Gasteiger partial charge is 0.368 e. The molecule has 0 saturated heterocycles. The fourth-order valence-electron chi connectivity index (χ4n) is 3.13. The summed E-state index contributed by atoms with van der Waals surface area (Å²) in [6, 6.07) is 4.62.